The van der Waals surface area contributed by atoms with Crippen molar-refractivity contribution in [3.05, 3.63) is 34.5 Å². The average molecular weight is 671 g/mol. The molecule has 0 aliphatic carbocycles. The highest BCUT2D eigenvalue weighted by molar-refractivity contribution is 5.91. The number of aliphatic hydroxyl groups is 8. The molecule has 0 spiro atoms. The van der Waals surface area contributed by atoms with Crippen molar-refractivity contribution < 1.29 is 84.3 Å². The first-order valence-electron chi connectivity index (χ1n) is 14.1. The third-order valence-corrected chi connectivity index (χ3v) is 8.23. The lowest BCUT2D eigenvalue weighted by atomic mass is 9.83. The van der Waals surface area contributed by atoms with Crippen molar-refractivity contribution >= 4 is 11.0 Å². The van der Waals surface area contributed by atoms with E-state index in [0.717, 1.165) is 19.2 Å². The Morgan fingerprint density at radius 3 is 2.04 bits per heavy atom. The number of aromatic hydroxyl groups is 3. The molecular formula is C29H34O18. The fourth-order valence-electron chi connectivity index (χ4n) is 5.71. The molecule has 2 aliphatic heterocycles. The Morgan fingerprint density at radius 2 is 1.45 bits per heavy atom. The van der Waals surface area contributed by atoms with E-state index in [2.05, 4.69) is 0 Å². The number of fused-ring (bicyclic) bond motifs is 1. The highest BCUT2D eigenvalue weighted by Crippen LogP contribution is 2.47. The molecule has 3 heterocycles. The van der Waals surface area contributed by atoms with Gasteiger partial charge in [0.05, 0.1) is 27.4 Å². The Balaban J connectivity index is 1.85. The van der Waals surface area contributed by atoms with Crippen LogP contribution in [0.2, 0.25) is 0 Å². The van der Waals surface area contributed by atoms with Crippen molar-refractivity contribution in [3.8, 4) is 45.8 Å². The minimum atomic E-state index is -3.08. The first-order chi connectivity index (χ1) is 22.3. The summed E-state index contributed by atoms with van der Waals surface area (Å²) in [6.07, 6.45) is -18.7. The molecule has 3 aromatic rings. The molecule has 47 heavy (non-hydrogen) atoms. The lowest BCUT2D eigenvalue weighted by Crippen LogP contribution is -2.77. The Hall–Kier alpha value is -3.95. The molecule has 10 atom stereocenters. The molecule has 1 aromatic heterocycles. The second kappa shape index (κ2) is 12.9. The van der Waals surface area contributed by atoms with Gasteiger partial charge in [-0.3, -0.25) is 4.79 Å². The molecule has 10 unspecified atom stereocenters. The number of hydrogen-bond donors (Lipinski definition) is 11. The van der Waals surface area contributed by atoms with Crippen molar-refractivity contribution in [1.82, 2.24) is 0 Å². The maximum absolute atomic E-state index is 14.3. The van der Waals surface area contributed by atoms with Crippen LogP contribution in [0.25, 0.3) is 22.3 Å². The zero-order valence-corrected chi connectivity index (χ0v) is 24.7. The van der Waals surface area contributed by atoms with Crippen LogP contribution in [0.5, 0.6) is 34.5 Å². The highest BCUT2D eigenvalue weighted by Gasteiger charge is 2.65. The number of phenols is 3. The van der Waals surface area contributed by atoms with Crippen LogP contribution in [-0.2, 0) is 9.47 Å². The van der Waals surface area contributed by atoms with E-state index < -0.39 is 114 Å². The number of benzene rings is 2. The van der Waals surface area contributed by atoms with Crippen LogP contribution in [0.3, 0.4) is 0 Å². The van der Waals surface area contributed by atoms with Gasteiger partial charge in [-0.25, -0.2) is 0 Å². The lowest BCUT2D eigenvalue weighted by Gasteiger charge is -2.54. The molecule has 18 nitrogen and oxygen atoms in total. The molecule has 0 saturated carbocycles. The number of methoxy groups -OCH3 is 2. The molecule has 0 radical (unpaired) electrons. The average Bonchev–Trinajstić information content (AvgIpc) is 3.06. The summed E-state index contributed by atoms with van der Waals surface area (Å²) in [4.78, 5) is 14.3. The second-order valence-corrected chi connectivity index (χ2v) is 11.0. The zero-order valence-electron chi connectivity index (χ0n) is 24.7. The molecule has 0 amide bonds. The number of ether oxygens (including phenoxy) is 5. The lowest BCUT2D eigenvalue weighted by molar-refractivity contribution is -0.396. The van der Waals surface area contributed by atoms with Crippen molar-refractivity contribution in [3.63, 3.8) is 0 Å². The molecule has 2 saturated heterocycles. The first kappa shape index (κ1) is 34.4. The number of aliphatic hydroxyl groups excluding tert-OH is 8. The molecule has 5 rings (SSSR count). The van der Waals surface area contributed by atoms with Gasteiger partial charge < -0.3 is 84.3 Å². The Labute approximate surface area is 264 Å². The van der Waals surface area contributed by atoms with Gasteiger partial charge in [0.2, 0.25) is 16.9 Å². The van der Waals surface area contributed by atoms with Crippen LogP contribution in [-0.4, -0.2) is 144 Å². The summed E-state index contributed by atoms with van der Waals surface area (Å²) in [7, 11) is 2.40. The summed E-state index contributed by atoms with van der Waals surface area (Å²) in [6.45, 7) is -2.01. The fraction of sp³-hybridized carbons (Fsp3) is 0.483. The van der Waals surface area contributed by atoms with Crippen molar-refractivity contribution in [2.45, 2.75) is 60.7 Å². The predicted octanol–water partition coefficient (Wildman–Crippen LogP) is -3.01. The summed E-state index contributed by atoms with van der Waals surface area (Å²) < 4.78 is 33.7. The van der Waals surface area contributed by atoms with Crippen LogP contribution < -0.4 is 19.6 Å². The maximum atomic E-state index is 14.3. The summed E-state index contributed by atoms with van der Waals surface area (Å²) in [5.74, 6) is -7.10. The molecular weight excluding hydrogens is 636 g/mol. The highest BCUT2D eigenvalue weighted by atomic mass is 16.8. The second-order valence-electron chi connectivity index (χ2n) is 11.0. The van der Waals surface area contributed by atoms with E-state index in [1.165, 1.54) is 19.2 Å². The first-order valence-corrected chi connectivity index (χ1v) is 14.1. The smallest absolute Gasteiger partial charge is 0.269 e. The van der Waals surface area contributed by atoms with Crippen molar-refractivity contribution in [2.75, 3.05) is 27.4 Å². The van der Waals surface area contributed by atoms with E-state index in [-0.39, 0.29) is 22.6 Å². The van der Waals surface area contributed by atoms with E-state index >= 15 is 0 Å². The van der Waals surface area contributed by atoms with E-state index in [9.17, 15) is 61.0 Å². The quantitative estimate of drug-likeness (QED) is 0.106. The Kier molecular flexibility index (Phi) is 9.45. The van der Waals surface area contributed by atoms with Crippen LogP contribution in [0.15, 0.2) is 33.5 Å². The maximum Gasteiger partial charge on any atom is 0.269 e. The molecule has 2 aromatic carbocycles. The predicted molar refractivity (Wildman–Crippen MR) is 153 cm³/mol. The largest absolute Gasteiger partial charge is 0.504 e. The van der Waals surface area contributed by atoms with Gasteiger partial charge in [0.1, 0.15) is 53.7 Å². The third kappa shape index (κ3) is 5.47. The van der Waals surface area contributed by atoms with Gasteiger partial charge >= 0.3 is 0 Å². The summed E-state index contributed by atoms with van der Waals surface area (Å²) in [5.41, 5.74) is -1.74. The van der Waals surface area contributed by atoms with E-state index in [4.69, 9.17) is 28.1 Å². The topological polar surface area (TPSA) is 299 Å². The minimum Gasteiger partial charge on any atom is -0.504 e. The van der Waals surface area contributed by atoms with Gasteiger partial charge in [-0.1, -0.05) is 0 Å². The van der Waals surface area contributed by atoms with E-state index in [0.29, 0.717) is 0 Å². The number of phenolic OH excluding ortho intramolecular Hbond substituents is 3. The van der Waals surface area contributed by atoms with Gasteiger partial charge in [0.25, 0.3) is 5.79 Å². The van der Waals surface area contributed by atoms with Gasteiger partial charge in [0.15, 0.2) is 41.0 Å². The summed E-state index contributed by atoms with van der Waals surface area (Å²) in [6, 6.07) is 4.30. The SMILES string of the molecule is COc1cc2oc(-c3ccc(O)c(O)c3)c(OC3(C4OC(CO)C(O)C(O)C4O)OC(CO)C(O)C(O)C3O)c(=O)c2c(O)c1OC. The van der Waals surface area contributed by atoms with Crippen molar-refractivity contribution in [1.29, 1.82) is 0 Å². The van der Waals surface area contributed by atoms with Crippen LogP contribution in [0, 0.1) is 0 Å². The minimum absolute atomic E-state index is 0.0828. The van der Waals surface area contributed by atoms with Crippen LogP contribution in [0.4, 0.5) is 0 Å². The molecule has 2 fully saturated rings. The van der Waals surface area contributed by atoms with Gasteiger partial charge in [-0.05, 0) is 18.2 Å². The Bertz CT molecular complexity index is 1670. The van der Waals surface area contributed by atoms with Gasteiger partial charge in [-0.15, -0.1) is 0 Å². The standard InChI is InChI=1S/C29H34O18/c1-42-13-6-12-16(19(36)25(13)43-2)20(37)26(24(44-12)9-3-4-10(32)11(33)5-9)47-29(27(41)22(39)18(35)15(8-31)46-29)28-23(40)21(38)17(34)14(7-30)45-28/h3-6,14-15,17-18,21-23,27-28,30-36,38-41H,7-8H2,1-2H3. The van der Waals surface area contributed by atoms with E-state index in [1.807, 2.05) is 0 Å². The van der Waals surface area contributed by atoms with E-state index in [1.54, 1.807) is 0 Å². The molecule has 2 aliphatic rings. The molecule has 11 N–H and O–H groups in total. The molecule has 0 bridgehead atoms. The number of rotatable bonds is 8. The zero-order chi connectivity index (χ0) is 34.5. The van der Waals surface area contributed by atoms with Crippen LogP contribution in [0.1, 0.15) is 0 Å². The third-order valence-electron chi connectivity index (χ3n) is 8.23. The molecule has 258 valence electrons. The van der Waals surface area contributed by atoms with Crippen molar-refractivity contribution in [2.24, 2.45) is 0 Å². The fourth-order valence-corrected chi connectivity index (χ4v) is 5.71. The van der Waals surface area contributed by atoms with Gasteiger partial charge in [-0.2, -0.15) is 0 Å². The monoisotopic (exact) mass is 670 g/mol. The summed E-state index contributed by atoms with van der Waals surface area (Å²) >= 11 is 0. The Morgan fingerprint density at radius 1 is 0.787 bits per heavy atom. The normalized spacial score (nSPS) is 32.7. The summed E-state index contributed by atoms with van der Waals surface area (Å²) in [5, 5.41) is 115. The van der Waals surface area contributed by atoms with Crippen LogP contribution >= 0.6 is 0 Å². The number of hydrogen-bond acceptors (Lipinski definition) is 18. The molecule has 18 heteroatoms. The van der Waals surface area contributed by atoms with Gasteiger partial charge in [0, 0.05) is 11.6 Å².